The molecule has 0 unspecified atom stereocenters. The zero-order chi connectivity index (χ0) is 12.1. The fraction of sp³-hybridized carbons (Fsp3) is 0.200. The number of benzene rings is 1. The predicted molar refractivity (Wildman–Crippen MR) is 57.8 cm³/mol. The van der Waals surface area contributed by atoms with E-state index in [1.807, 2.05) is 0 Å². The van der Waals surface area contributed by atoms with Crippen LogP contribution in [0.25, 0.3) is 0 Å². The van der Waals surface area contributed by atoms with Crippen molar-refractivity contribution in [1.29, 1.82) is 0 Å². The highest BCUT2D eigenvalue weighted by atomic mass is 19.1. The van der Waals surface area contributed by atoms with E-state index >= 15 is 0 Å². The van der Waals surface area contributed by atoms with E-state index in [2.05, 4.69) is 5.16 Å². The van der Waals surface area contributed by atoms with Gasteiger partial charge in [-0.1, -0.05) is 11.2 Å². The summed E-state index contributed by atoms with van der Waals surface area (Å²) in [5, 5.41) is 11.0. The number of amides is 1. The molecular formula is C10H12FN3O2. The minimum atomic E-state index is -0.430. The SMILES string of the molecule is CN(C(=O)CC(N)=NO)c1cccc(F)c1. The Bertz CT molecular complexity index is 420. The van der Waals surface area contributed by atoms with E-state index in [1.165, 1.54) is 30.1 Å². The number of oxime groups is 1. The van der Waals surface area contributed by atoms with Crippen LogP contribution in [0, 0.1) is 5.82 Å². The molecule has 0 bridgehead atoms. The molecule has 5 nitrogen and oxygen atoms in total. The van der Waals surface area contributed by atoms with Crippen LogP contribution in [0.2, 0.25) is 0 Å². The first-order chi connectivity index (χ1) is 7.54. The van der Waals surface area contributed by atoms with Gasteiger partial charge in [0.05, 0.1) is 6.42 Å². The Balaban J connectivity index is 2.78. The van der Waals surface area contributed by atoms with Crippen molar-refractivity contribution in [3.05, 3.63) is 30.1 Å². The second-order valence-electron chi connectivity index (χ2n) is 3.20. The van der Waals surface area contributed by atoms with Gasteiger partial charge in [-0.25, -0.2) is 4.39 Å². The van der Waals surface area contributed by atoms with Gasteiger partial charge in [0, 0.05) is 12.7 Å². The van der Waals surface area contributed by atoms with Crippen LogP contribution in [0.3, 0.4) is 0 Å². The van der Waals surface area contributed by atoms with Crippen LogP contribution in [-0.2, 0) is 4.79 Å². The predicted octanol–water partition coefficient (Wildman–Crippen LogP) is 0.925. The van der Waals surface area contributed by atoms with Crippen LogP contribution in [0.4, 0.5) is 10.1 Å². The maximum absolute atomic E-state index is 12.9. The number of nitrogens with two attached hydrogens (primary N) is 1. The van der Waals surface area contributed by atoms with E-state index in [0.717, 1.165) is 0 Å². The summed E-state index contributed by atoms with van der Waals surface area (Å²) in [5.41, 5.74) is 5.61. The van der Waals surface area contributed by atoms with Gasteiger partial charge in [0.1, 0.15) is 11.7 Å². The quantitative estimate of drug-likeness (QED) is 0.347. The van der Waals surface area contributed by atoms with E-state index < -0.39 is 5.82 Å². The van der Waals surface area contributed by atoms with E-state index in [0.29, 0.717) is 5.69 Å². The normalized spacial score (nSPS) is 11.2. The van der Waals surface area contributed by atoms with Crippen LogP contribution < -0.4 is 10.6 Å². The minimum Gasteiger partial charge on any atom is -0.409 e. The Hall–Kier alpha value is -2.11. The Kier molecular flexibility index (Phi) is 3.82. The van der Waals surface area contributed by atoms with E-state index in [4.69, 9.17) is 10.9 Å². The summed E-state index contributed by atoms with van der Waals surface area (Å²) in [5.74, 6) is -1.00. The van der Waals surface area contributed by atoms with Crippen molar-refractivity contribution in [1.82, 2.24) is 0 Å². The Morgan fingerprint density at radius 3 is 2.88 bits per heavy atom. The lowest BCUT2D eigenvalue weighted by Crippen LogP contribution is -2.30. The molecule has 6 heteroatoms. The molecule has 1 amide bonds. The maximum Gasteiger partial charge on any atom is 0.234 e. The number of carbonyl (C=O) groups is 1. The van der Waals surface area contributed by atoms with Crippen molar-refractivity contribution >= 4 is 17.4 Å². The molecule has 86 valence electrons. The number of hydrogen-bond acceptors (Lipinski definition) is 3. The molecule has 1 rings (SSSR count). The fourth-order valence-electron chi connectivity index (χ4n) is 1.14. The molecular weight excluding hydrogens is 213 g/mol. The van der Waals surface area contributed by atoms with Crippen LogP contribution >= 0.6 is 0 Å². The molecule has 0 saturated heterocycles. The average Bonchev–Trinajstić information content (AvgIpc) is 2.27. The van der Waals surface area contributed by atoms with Gasteiger partial charge >= 0.3 is 0 Å². The summed E-state index contributed by atoms with van der Waals surface area (Å²) in [6.07, 6.45) is -0.219. The van der Waals surface area contributed by atoms with Crippen molar-refractivity contribution < 1.29 is 14.4 Å². The lowest BCUT2D eigenvalue weighted by Gasteiger charge is -2.16. The van der Waals surface area contributed by atoms with Gasteiger partial charge in [-0.05, 0) is 18.2 Å². The molecule has 0 heterocycles. The second kappa shape index (κ2) is 5.11. The first-order valence-electron chi connectivity index (χ1n) is 4.53. The van der Waals surface area contributed by atoms with Crippen molar-refractivity contribution in [2.24, 2.45) is 10.9 Å². The number of anilines is 1. The van der Waals surface area contributed by atoms with Crippen LogP contribution in [0.5, 0.6) is 0 Å². The van der Waals surface area contributed by atoms with Gasteiger partial charge in [-0.15, -0.1) is 0 Å². The number of halogens is 1. The molecule has 0 saturated carbocycles. The highest BCUT2D eigenvalue weighted by Gasteiger charge is 2.13. The first-order valence-corrected chi connectivity index (χ1v) is 4.53. The molecule has 1 aromatic carbocycles. The van der Waals surface area contributed by atoms with E-state index in [9.17, 15) is 9.18 Å². The molecule has 0 aromatic heterocycles. The Labute approximate surface area is 92.0 Å². The van der Waals surface area contributed by atoms with Crippen molar-refractivity contribution in [2.45, 2.75) is 6.42 Å². The standard InChI is InChI=1S/C10H12FN3O2/c1-14(10(15)6-9(12)13-16)8-4-2-3-7(11)5-8/h2-5,16H,6H2,1H3,(H2,12,13). The number of nitrogens with zero attached hydrogens (tertiary/aromatic N) is 2. The lowest BCUT2D eigenvalue weighted by atomic mass is 10.2. The highest BCUT2D eigenvalue weighted by Crippen LogP contribution is 2.14. The summed E-state index contributed by atoms with van der Waals surface area (Å²) < 4.78 is 12.9. The molecule has 0 radical (unpaired) electrons. The minimum absolute atomic E-state index is 0.187. The van der Waals surface area contributed by atoms with Crippen molar-refractivity contribution in [3.8, 4) is 0 Å². The lowest BCUT2D eigenvalue weighted by molar-refractivity contribution is -0.117. The largest absolute Gasteiger partial charge is 0.409 e. The average molecular weight is 225 g/mol. The molecule has 0 aliphatic heterocycles. The van der Waals surface area contributed by atoms with Gasteiger partial charge in [0.15, 0.2) is 0 Å². The van der Waals surface area contributed by atoms with Gasteiger partial charge in [-0.3, -0.25) is 4.79 Å². The van der Waals surface area contributed by atoms with Crippen LogP contribution in [-0.4, -0.2) is 24.0 Å². The fourth-order valence-corrected chi connectivity index (χ4v) is 1.14. The number of rotatable bonds is 3. The van der Waals surface area contributed by atoms with Gasteiger partial charge in [0.2, 0.25) is 5.91 Å². The maximum atomic E-state index is 12.9. The third-order valence-electron chi connectivity index (χ3n) is 2.03. The molecule has 0 aliphatic rings. The number of carbonyl (C=O) groups excluding carboxylic acids is 1. The second-order valence-corrected chi connectivity index (χ2v) is 3.20. The van der Waals surface area contributed by atoms with E-state index in [-0.39, 0.29) is 18.2 Å². The van der Waals surface area contributed by atoms with Gasteiger partial charge in [-0.2, -0.15) is 0 Å². The Morgan fingerprint density at radius 1 is 1.62 bits per heavy atom. The van der Waals surface area contributed by atoms with Crippen LogP contribution in [0.15, 0.2) is 29.4 Å². The molecule has 16 heavy (non-hydrogen) atoms. The monoisotopic (exact) mass is 225 g/mol. The van der Waals surface area contributed by atoms with E-state index in [1.54, 1.807) is 6.07 Å². The van der Waals surface area contributed by atoms with Gasteiger partial charge < -0.3 is 15.8 Å². The summed E-state index contributed by atoms with van der Waals surface area (Å²) in [6.45, 7) is 0. The van der Waals surface area contributed by atoms with Gasteiger partial charge in [0.25, 0.3) is 0 Å². The third-order valence-corrected chi connectivity index (χ3v) is 2.03. The summed E-state index contributed by atoms with van der Waals surface area (Å²) >= 11 is 0. The zero-order valence-electron chi connectivity index (χ0n) is 8.72. The molecule has 0 aliphatic carbocycles. The molecule has 1 aromatic rings. The van der Waals surface area contributed by atoms with Crippen molar-refractivity contribution in [2.75, 3.05) is 11.9 Å². The summed E-state index contributed by atoms with van der Waals surface area (Å²) in [7, 11) is 1.49. The highest BCUT2D eigenvalue weighted by molar-refractivity contribution is 6.05. The smallest absolute Gasteiger partial charge is 0.234 e. The summed E-state index contributed by atoms with van der Waals surface area (Å²) in [6, 6.07) is 5.60. The molecule has 0 atom stereocenters. The topological polar surface area (TPSA) is 78.9 Å². The third kappa shape index (κ3) is 2.94. The molecule has 0 spiro atoms. The number of amidine groups is 1. The zero-order valence-corrected chi connectivity index (χ0v) is 8.72. The number of hydrogen-bond donors (Lipinski definition) is 2. The Morgan fingerprint density at radius 2 is 2.31 bits per heavy atom. The van der Waals surface area contributed by atoms with Crippen molar-refractivity contribution in [3.63, 3.8) is 0 Å². The molecule has 0 fully saturated rings. The first kappa shape index (κ1) is 12.0. The summed E-state index contributed by atoms with van der Waals surface area (Å²) in [4.78, 5) is 12.8. The molecule has 3 N–H and O–H groups in total. The van der Waals surface area contributed by atoms with Crippen LogP contribution in [0.1, 0.15) is 6.42 Å².